The summed E-state index contributed by atoms with van der Waals surface area (Å²) in [6.45, 7) is 6.04. The van der Waals surface area contributed by atoms with E-state index in [9.17, 15) is 4.79 Å². The van der Waals surface area contributed by atoms with Crippen molar-refractivity contribution in [3.05, 3.63) is 64.6 Å². The van der Waals surface area contributed by atoms with Crippen LogP contribution in [-0.4, -0.2) is 29.1 Å². The van der Waals surface area contributed by atoms with E-state index in [0.29, 0.717) is 36.4 Å². The summed E-state index contributed by atoms with van der Waals surface area (Å²) < 4.78 is 19.6. The molecule has 0 spiro atoms. The molecule has 0 fully saturated rings. The molecule has 1 unspecified atom stereocenters. The van der Waals surface area contributed by atoms with Gasteiger partial charge in [0.2, 0.25) is 5.79 Å². The third kappa shape index (κ3) is 2.76. The second-order valence-corrected chi connectivity index (χ2v) is 6.97. The van der Waals surface area contributed by atoms with E-state index in [2.05, 4.69) is 0 Å². The number of nitrogens with zero attached hydrogens (tertiary/aromatic N) is 2. The van der Waals surface area contributed by atoms with Crippen LogP contribution in [0.2, 0.25) is 0 Å². The molecule has 6 heteroatoms. The highest BCUT2D eigenvalue weighted by molar-refractivity contribution is 5.93. The monoisotopic (exact) mass is 380 g/mol. The van der Waals surface area contributed by atoms with Gasteiger partial charge < -0.3 is 18.6 Å². The number of rotatable bonds is 4. The maximum absolute atomic E-state index is 12.6. The maximum atomic E-state index is 12.6. The Labute approximate surface area is 164 Å². The van der Waals surface area contributed by atoms with Crippen LogP contribution in [-0.2, 0) is 21.7 Å². The number of fused-ring (bicyclic) bond motifs is 3. The van der Waals surface area contributed by atoms with Gasteiger partial charge in [-0.15, -0.1) is 0 Å². The van der Waals surface area contributed by atoms with Gasteiger partial charge in [-0.2, -0.15) is 0 Å². The fourth-order valence-corrected chi connectivity index (χ4v) is 3.81. The number of aryl methyl sites for hydroxylation is 2. The molecule has 28 heavy (non-hydrogen) atoms. The van der Waals surface area contributed by atoms with E-state index in [1.807, 2.05) is 54.8 Å². The Morgan fingerprint density at radius 2 is 2.04 bits per heavy atom. The van der Waals surface area contributed by atoms with E-state index >= 15 is 0 Å². The van der Waals surface area contributed by atoms with Crippen LogP contribution < -0.4 is 4.74 Å². The number of hydrogen-bond donors (Lipinski definition) is 0. The Morgan fingerprint density at radius 1 is 1.29 bits per heavy atom. The molecule has 0 saturated carbocycles. The molecule has 3 aromatic rings. The second kappa shape index (κ2) is 6.95. The van der Waals surface area contributed by atoms with Crippen molar-refractivity contribution in [3.8, 4) is 5.75 Å². The molecular formula is C22H24N2O4. The van der Waals surface area contributed by atoms with Gasteiger partial charge in [0.1, 0.15) is 0 Å². The minimum Gasteiger partial charge on any atom is -0.462 e. The highest BCUT2D eigenvalue weighted by Crippen LogP contribution is 2.43. The Hall–Kier alpha value is -2.86. The minimum atomic E-state index is -0.921. The summed E-state index contributed by atoms with van der Waals surface area (Å²) in [5.41, 5.74) is 4.81. The van der Waals surface area contributed by atoms with E-state index in [1.54, 1.807) is 14.0 Å². The zero-order valence-electron chi connectivity index (χ0n) is 16.6. The lowest BCUT2D eigenvalue weighted by Gasteiger charge is -2.38. The summed E-state index contributed by atoms with van der Waals surface area (Å²) in [5.74, 6) is -0.686. The number of carbonyl (C=O) groups excluding carboxylic acids is 1. The summed E-state index contributed by atoms with van der Waals surface area (Å²) in [6.07, 6.45) is 3.02. The van der Waals surface area contributed by atoms with Crippen molar-refractivity contribution in [1.82, 2.24) is 9.38 Å². The lowest BCUT2D eigenvalue weighted by molar-refractivity contribution is -0.183. The maximum Gasteiger partial charge on any atom is 0.340 e. The third-order valence-electron chi connectivity index (χ3n) is 5.46. The van der Waals surface area contributed by atoms with Crippen molar-refractivity contribution < 1.29 is 19.0 Å². The first kappa shape index (κ1) is 18.5. The van der Waals surface area contributed by atoms with Crippen LogP contribution in [0, 0.1) is 13.8 Å². The molecule has 0 aliphatic carbocycles. The first-order valence-corrected chi connectivity index (χ1v) is 9.48. The summed E-state index contributed by atoms with van der Waals surface area (Å²) in [7, 11) is 1.65. The van der Waals surface area contributed by atoms with Crippen molar-refractivity contribution in [1.29, 1.82) is 0 Å². The standard InChI is InChI=1S/C22H24N2O4/c1-5-27-21(25)18-13-24-15(3)14(2)23-20(24)19-17(18)11-12-22(26-4,28-19)16-9-7-6-8-10-16/h6-10,13H,5,11-12H2,1-4H3. The van der Waals surface area contributed by atoms with E-state index in [1.165, 1.54) is 0 Å². The van der Waals surface area contributed by atoms with Crippen LogP contribution in [0.25, 0.3) is 5.65 Å². The molecule has 1 atom stereocenters. The van der Waals surface area contributed by atoms with Crippen molar-refractivity contribution in [3.63, 3.8) is 0 Å². The zero-order chi connectivity index (χ0) is 19.9. The normalized spacial score (nSPS) is 18.6. The molecule has 0 saturated heterocycles. The van der Waals surface area contributed by atoms with Gasteiger partial charge in [0, 0.05) is 36.5 Å². The molecule has 1 aliphatic rings. The van der Waals surface area contributed by atoms with Crippen LogP contribution in [0.5, 0.6) is 5.75 Å². The number of hydrogen-bond acceptors (Lipinski definition) is 5. The number of benzene rings is 1. The first-order valence-electron chi connectivity index (χ1n) is 9.48. The highest BCUT2D eigenvalue weighted by atomic mass is 16.7. The Kier molecular flexibility index (Phi) is 4.59. The van der Waals surface area contributed by atoms with Gasteiger partial charge in [-0.3, -0.25) is 0 Å². The molecule has 146 valence electrons. The molecule has 6 nitrogen and oxygen atoms in total. The van der Waals surface area contributed by atoms with Crippen molar-refractivity contribution in [2.24, 2.45) is 0 Å². The Bertz CT molecular complexity index is 1040. The van der Waals surface area contributed by atoms with Crippen LogP contribution in [0.15, 0.2) is 36.5 Å². The number of methoxy groups -OCH3 is 1. The van der Waals surface area contributed by atoms with Gasteiger partial charge in [0.05, 0.1) is 17.9 Å². The number of pyridine rings is 1. The van der Waals surface area contributed by atoms with Crippen LogP contribution >= 0.6 is 0 Å². The summed E-state index contributed by atoms with van der Waals surface area (Å²) >= 11 is 0. The Balaban J connectivity index is 1.94. The van der Waals surface area contributed by atoms with Gasteiger partial charge in [0.25, 0.3) is 0 Å². The highest BCUT2D eigenvalue weighted by Gasteiger charge is 2.41. The lowest BCUT2D eigenvalue weighted by atomic mass is 9.92. The summed E-state index contributed by atoms with van der Waals surface area (Å²) in [4.78, 5) is 17.3. The molecular weight excluding hydrogens is 356 g/mol. The average Bonchev–Trinajstić information content (AvgIpc) is 3.02. The van der Waals surface area contributed by atoms with E-state index in [-0.39, 0.29) is 5.97 Å². The average molecular weight is 380 g/mol. The largest absolute Gasteiger partial charge is 0.462 e. The van der Waals surface area contributed by atoms with Crippen molar-refractivity contribution in [2.45, 2.75) is 39.4 Å². The number of aromatic nitrogens is 2. The number of imidazole rings is 1. The molecule has 1 aliphatic heterocycles. The fourth-order valence-electron chi connectivity index (χ4n) is 3.81. The van der Waals surface area contributed by atoms with Crippen LogP contribution in [0.3, 0.4) is 0 Å². The molecule has 3 heterocycles. The SMILES string of the molecule is CCOC(=O)c1cn2c(C)c(C)nc2c2c1CCC(OC)(c1ccccc1)O2. The van der Waals surface area contributed by atoms with E-state index in [0.717, 1.165) is 22.5 Å². The smallest absolute Gasteiger partial charge is 0.340 e. The molecule has 0 amide bonds. The number of esters is 1. The summed E-state index contributed by atoms with van der Waals surface area (Å²) in [6, 6.07) is 9.86. The molecule has 0 bridgehead atoms. The zero-order valence-corrected chi connectivity index (χ0v) is 16.6. The topological polar surface area (TPSA) is 62.1 Å². The van der Waals surface area contributed by atoms with Crippen molar-refractivity contribution >= 4 is 11.6 Å². The first-order chi connectivity index (χ1) is 13.5. The predicted octanol–water partition coefficient (Wildman–Crippen LogP) is 3.95. The Morgan fingerprint density at radius 3 is 2.71 bits per heavy atom. The van der Waals surface area contributed by atoms with Gasteiger partial charge in [-0.05, 0) is 27.2 Å². The quantitative estimate of drug-likeness (QED) is 0.641. The van der Waals surface area contributed by atoms with Crippen molar-refractivity contribution in [2.75, 3.05) is 13.7 Å². The lowest BCUT2D eigenvalue weighted by Crippen LogP contribution is -2.39. The van der Waals surface area contributed by atoms with E-state index in [4.69, 9.17) is 19.2 Å². The predicted molar refractivity (Wildman–Crippen MR) is 105 cm³/mol. The fraction of sp³-hybridized carbons (Fsp3) is 0.364. The van der Waals surface area contributed by atoms with Gasteiger partial charge in [0.15, 0.2) is 11.4 Å². The van der Waals surface area contributed by atoms with Gasteiger partial charge in [-0.1, -0.05) is 30.3 Å². The molecule has 0 radical (unpaired) electrons. The molecule has 2 aromatic heterocycles. The number of carbonyl (C=O) groups is 1. The summed E-state index contributed by atoms with van der Waals surface area (Å²) in [5, 5.41) is 0. The van der Waals surface area contributed by atoms with Gasteiger partial charge >= 0.3 is 5.97 Å². The third-order valence-corrected chi connectivity index (χ3v) is 5.46. The number of ether oxygens (including phenoxy) is 3. The van der Waals surface area contributed by atoms with Gasteiger partial charge in [-0.25, -0.2) is 9.78 Å². The van der Waals surface area contributed by atoms with Crippen LogP contribution in [0.4, 0.5) is 0 Å². The molecule has 0 N–H and O–H groups in total. The second-order valence-electron chi connectivity index (χ2n) is 6.97. The van der Waals surface area contributed by atoms with Crippen LogP contribution in [0.1, 0.15) is 46.2 Å². The molecule has 4 rings (SSSR count). The minimum absolute atomic E-state index is 0.320. The van der Waals surface area contributed by atoms with E-state index < -0.39 is 5.79 Å². The molecule has 1 aromatic carbocycles.